The zero-order valence-electron chi connectivity index (χ0n) is 9.69. The Hall–Kier alpha value is -1.63. The molecule has 3 N–H and O–H groups in total. The molecule has 17 heavy (non-hydrogen) atoms. The van der Waals surface area contributed by atoms with Gasteiger partial charge in [-0.3, -0.25) is 0 Å². The van der Waals surface area contributed by atoms with Crippen molar-refractivity contribution < 1.29 is 14.7 Å². The quantitative estimate of drug-likeness (QED) is 0.737. The smallest absolute Gasteiger partial charge is 0.326 e. The summed E-state index contributed by atoms with van der Waals surface area (Å²) in [6.45, 7) is 3.88. The molecule has 0 saturated heterocycles. The molecule has 7 heteroatoms. The van der Waals surface area contributed by atoms with Crippen molar-refractivity contribution in [1.29, 1.82) is 0 Å². The summed E-state index contributed by atoms with van der Waals surface area (Å²) in [6.07, 6.45) is 0.346. The molecule has 6 nitrogen and oxygen atoms in total. The van der Waals surface area contributed by atoms with E-state index in [4.69, 9.17) is 5.11 Å². The van der Waals surface area contributed by atoms with Gasteiger partial charge in [-0.15, -0.1) is 11.3 Å². The van der Waals surface area contributed by atoms with Crippen molar-refractivity contribution in [2.75, 3.05) is 0 Å². The van der Waals surface area contributed by atoms with Gasteiger partial charge < -0.3 is 15.7 Å². The summed E-state index contributed by atoms with van der Waals surface area (Å²) in [6, 6.07) is -1.35. The summed E-state index contributed by atoms with van der Waals surface area (Å²) in [5.41, 5.74) is 0.907. The van der Waals surface area contributed by atoms with Gasteiger partial charge in [0.25, 0.3) is 0 Å². The number of aliphatic carboxylic acids is 1. The normalized spacial score (nSPS) is 11.9. The van der Waals surface area contributed by atoms with Crippen molar-refractivity contribution in [3.63, 3.8) is 0 Å². The monoisotopic (exact) mass is 257 g/mol. The zero-order valence-corrected chi connectivity index (χ0v) is 10.5. The number of carboxylic acid groups (broad SMARTS) is 1. The van der Waals surface area contributed by atoms with Crippen molar-refractivity contribution in [3.05, 3.63) is 16.1 Å². The summed E-state index contributed by atoms with van der Waals surface area (Å²) in [5, 5.41) is 16.4. The van der Waals surface area contributed by atoms with Gasteiger partial charge in [-0.25, -0.2) is 14.6 Å². The first-order valence-electron chi connectivity index (χ1n) is 5.21. The number of nitrogens with one attached hydrogen (secondary N) is 2. The topological polar surface area (TPSA) is 91.3 Å². The molecule has 0 aromatic carbocycles. The molecule has 0 bridgehead atoms. The number of hydrogen-bond donors (Lipinski definition) is 3. The van der Waals surface area contributed by atoms with Crippen molar-refractivity contribution in [2.24, 2.45) is 0 Å². The van der Waals surface area contributed by atoms with Gasteiger partial charge >= 0.3 is 12.0 Å². The first-order valence-corrected chi connectivity index (χ1v) is 6.09. The molecule has 0 unspecified atom stereocenters. The van der Waals surface area contributed by atoms with Crippen LogP contribution in [0.3, 0.4) is 0 Å². The van der Waals surface area contributed by atoms with Crippen LogP contribution in [0.2, 0.25) is 0 Å². The number of urea groups is 1. The van der Waals surface area contributed by atoms with Crippen LogP contribution in [0.5, 0.6) is 0 Å². The minimum absolute atomic E-state index is 0.306. The molecule has 0 aliphatic carbocycles. The van der Waals surface area contributed by atoms with Crippen LogP contribution in [0.1, 0.15) is 24.0 Å². The van der Waals surface area contributed by atoms with Crippen molar-refractivity contribution in [3.8, 4) is 0 Å². The Morgan fingerprint density at radius 1 is 1.59 bits per heavy atom. The Labute approximate surface area is 103 Å². The summed E-state index contributed by atoms with van der Waals surface area (Å²) < 4.78 is 0. The Kier molecular flexibility index (Phi) is 4.89. The van der Waals surface area contributed by atoms with Gasteiger partial charge in [0, 0.05) is 11.1 Å². The number of nitrogens with zero attached hydrogens (tertiary/aromatic N) is 1. The molecule has 0 aliphatic rings. The lowest BCUT2D eigenvalue weighted by molar-refractivity contribution is -0.139. The van der Waals surface area contributed by atoms with Crippen molar-refractivity contribution >= 4 is 23.3 Å². The molecule has 94 valence electrons. The van der Waals surface area contributed by atoms with Gasteiger partial charge in [-0.1, -0.05) is 6.92 Å². The Bertz CT molecular complexity index is 405. The van der Waals surface area contributed by atoms with E-state index in [-0.39, 0.29) is 0 Å². The maximum Gasteiger partial charge on any atom is 0.326 e. The van der Waals surface area contributed by atoms with Crippen LogP contribution in [-0.4, -0.2) is 28.1 Å². The van der Waals surface area contributed by atoms with E-state index >= 15 is 0 Å². The van der Waals surface area contributed by atoms with E-state index in [0.29, 0.717) is 13.0 Å². The lowest BCUT2D eigenvalue weighted by Gasteiger charge is -2.12. The van der Waals surface area contributed by atoms with Gasteiger partial charge in [-0.2, -0.15) is 0 Å². The molecule has 0 spiro atoms. The summed E-state index contributed by atoms with van der Waals surface area (Å²) >= 11 is 1.45. The number of hydrogen-bond acceptors (Lipinski definition) is 4. The molecule has 1 heterocycles. The number of aryl methyl sites for hydroxylation is 1. The fraction of sp³-hybridized carbons (Fsp3) is 0.500. The Morgan fingerprint density at radius 3 is 2.76 bits per heavy atom. The fourth-order valence-electron chi connectivity index (χ4n) is 1.19. The highest BCUT2D eigenvalue weighted by molar-refractivity contribution is 7.09. The van der Waals surface area contributed by atoms with E-state index in [0.717, 1.165) is 10.7 Å². The number of rotatable bonds is 5. The summed E-state index contributed by atoms with van der Waals surface area (Å²) in [7, 11) is 0. The molecular formula is C10H15N3O3S. The number of aromatic nitrogens is 1. The molecule has 0 aliphatic heterocycles. The standard InChI is InChI=1S/C10H15N3O3S/c1-3-7(9(14)15)13-10(16)11-4-8-12-6(2)5-17-8/h5,7H,3-4H2,1-2H3,(H,14,15)(H2,11,13,16)/t7-/m1/s1. The lowest BCUT2D eigenvalue weighted by Crippen LogP contribution is -2.45. The second-order valence-corrected chi connectivity index (χ2v) is 4.45. The maximum atomic E-state index is 11.4. The third-order valence-corrected chi connectivity index (χ3v) is 3.05. The molecule has 0 fully saturated rings. The van der Waals surface area contributed by atoms with Gasteiger partial charge in [0.15, 0.2) is 0 Å². The Balaban J connectivity index is 2.37. The second-order valence-electron chi connectivity index (χ2n) is 3.51. The minimum Gasteiger partial charge on any atom is -0.480 e. The number of carboxylic acids is 1. The lowest BCUT2D eigenvalue weighted by atomic mass is 10.2. The average Bonchev–Trinajstić information content (AvgIpc) is 2.68. The van der Waals surface area contributed by atoms with Crippen LogP contribution < -0.4 is 10.6 Å². The zero-order chi connectivity index (χ0) is 12.8. The number of carbonyl (C=O) groups is 2. The first kappa shape index (κ1) is 13.4. The van der Waals surface area contributed by atoms with E-state index in [2.05, 4.69) is 15.6 Å². The summed E-state index contributed by atoms with van der Waals surface area (Å²) in [4.78, 5) is 26.3. The van der Waals surface area contributed by atoms with E-state index in [1.54, 1.807) is 6.92 Å². The highest BCUT2D eigenvalue weighted by atomic mass is 32.1. The molecule has 0 saturated carbocycles. The third-order valence-electron chi connectivity index (χ3n) is 2.08. The van der Waals surface area contributed by atoms with Crippen molar-refractivity contribution in [2.45, 2.75) is 32.9 Å². The summed E-state index contributed by atoms with van der Waals surface area (Å²) in [5.74, 6) is -1.03. The molecule has 1 atom stereocenters. The van der Waals surface area contributed by atoms with E-state index in [1.807, 2.05) is 12.3 Å². The van der Waals surface area contributed by atoms with Crippen LogP contribution in [-0.2, 0) is 11.3 Å². The van der Waals surface area contributed by atoms with Crippen LogP contribution in [0, 0.1) is 6.92 Å². The largest absolute Gasteiger partial charge is 0.480 e. The molecule has 1 rings (SSSR count). The van der Waals surface area contributed by atoms with Gasteiger partial charge in [0.2, 0.25) is 0 Å². The molecule has 2 amide bonds. The second kappa shape index (κ2) is 6.19. The third kappa shape index (κ3) is 4.39. The number of carbonyl (C=O) groups excluding carboxylic acids is 1. The van der Waals surface area contributed by atoms with Crippen molar-refractivity contribution in [1.82, 2.24) is 15.6 Å². The minimum atomic E-state index is -1.03. The average molecular weight is 257 g/mol. The molecule has 1 aromatic heterocycles. The van der Waals surface area contributed by atoms with Gasteiger partial charge in [-0.05, 0) is 13.3 Å². The fourth-order valence-corrected chi connectivity index (χ4v) is 1.90. The maximum absolute atomic E-state index is 11.4. The number of amides is 2. The molecular weight excluding hydrogens is 242 g/mol. The van der Waals surface area contributed by atoms with Crippen LogP contribution in [0.4, 0.5) is 4.79 Å². The van der Waals surface area contributed by atoms with Gasteiger partial charge in [0.1, 0.15) is 11.0 Å². The highest BCUT2D eigenvalue weighted by Gasteiger charge is 2.17. The molecule has 1 aromatic rings. The van der Waals surface area contributed by atoms with Crippen LogP contribution >= 0.6 is 11.3 Å². The number of thiazole rings is 1. The SMILES string of the molecule is CC[C@@H](NC(=O)NCc1nc(C)cs1)C(=O)O. The van der Waals surface area contributed by atoms with Crippen LogP contribution in [0.15, 0.2) is 5.38 Å². The van der Waals surface area contributed by atoms with E-state index < -0.39 is 18.0 Å². The predicted molar refractivity (Wildman–Crippen MR) is 63.9 cm³/mol. The predicted octanol–water partition coefficient (Wildman–Crippen LogP) is 1.11. The molecule has 0 radical (unpaired) electrons. The first-order chi connectivity index (χ1) is 8.02. The highest BCUT2D eigenvalue weighted by Crippen LogP contribution is 2.07. The van der Waals surface area contributed by atoms with Crippen LogP contribution in [0.25, 0.3) is 0 Å². The van der Waals surface area contributed by atoms with E-state index in [1.165, 1.54) is 11.3 Å². The van der Waals surface area contributed by atoms with Gasteiger partial charge in [0.05, 0.1) is 6.54 Å². The van der Waals surface area contributed by atoms with E-state index in [9.17, 15) is 9.59 Å². The Morgan fingerprint density at radius 2 is 2.29 bits per heavy atom.